The highest BCUT2D eigenvalue weighted by Crippen LogP contribution is 2.35. The van der Waals surface area contributed by atoms with Crippen molar-refractivity contribution >= 4 is 34.8 Å². The third-order valence-electron chi connectivity index (χ3n) is 4.34. The van der Waals surface area contributed by atoms with Gasteiger partial charge < -0.3 is 16.4 Å². The van der Waals surface area contributed by atoms with Crippen LogP contribution < -0.4 is 16.4 Å². The maximum Gasteiger partial charge on any atom is 0.152 e. The minimum Gasteiger partial charge on any atom is -0.382 e. The number of nitrogens with two attached hydrogens (primary N) is 2. The lowest BCUT2D eigenvalue weighted by molar-refractivity contribution is 0.492. The van der Waals surface area contributed by atoms with Gasteiger partial charge in [-0.3, -0.25) is 0 Å². The molecular formula is C17H21Cl2N5. The molecule has 3 rings (SSSR count). The standard InChI is InChI=1S/C17H21Cl2N5/c18-13-6-3-5-12(15(13)19)16-17(21)23-14(10-22-16)24-8-2-1-4-11(20)7-9-24/h3,5-6,10-11H,1-2,4,7-9,20H2,(H2,21,23). The van der Waals surface area contributed by atoms with Crippen LogP contribution in [0, 0.1) is 0 Å². The summed E-state index contributed by atoms with van der Waals surface area (Å²) in [5.74, 6) is 1.13. The molecule has 1 fully saturated rings. The van der Waals surface area contributed by atoms with Crippen molar-refractivity contribution in [2.45, 2.75) is 31.7 Å². The summed E-state index contributed by atoms with van der Waals surface area (Å²) in [6.07, 6.45) is 6.02. The van der Waals surface area contributed by atoms with Gasteiger partial charge in [0.05, 0.1) is 16.2 Å². The van der Waals surface area contributed by atoms with Gasteiger partial charge in [-0.1, -0.05) is 41.8 Å². The maximum atomic E-state index is 6.26. The van der Waals surface area contributed by atoms with Crippen LogP contribution in [0.4, 0.5) is 11.6 Å². The van der Waals surface area contributed by atoms with Gasteiger partial charge >= 0.3 is 0 Å². The van der Waals surface area contributed by atoms with Crippen molar-refractivity contribution in [2.75, 3.05) is 23.7 Å². The SMILES string of the molecule is Nc1nc(N2CCCCC(N)CC2)cnc1-c1cccc(Cl)c1Cl. The van der Waals surface area contributed by atoms with Gasteiger partial charge in [0.1, 0.15) is 11.5 Å². The van der Waals surface area contributed by atoms with Crippen LogP contribution >= 0.6 is 23.2 Å². The van der Waals surface area contributed by atoms with E-state index in [1.807, 2.05) is 12.1 Å². The van der Waals surface area contributed by atoms with Gasteiger partial charge in [-0.2, -0.15) is 0 Å². The normalized spacial score (nSPS) is 19.0. The molecule has 1 aliphatic rings. The van der Waals surface area contributed by atoms with Gasteiger partial charge in [-0.25, -0.2) is 9.97 Å². The topological polar surface area (TPSA) is 81.1 Å². The number of anilines is 2. The minimum atomic E-state index is 0.252. The first kappa shape index (κ1) is 17.3. The third kappa shape index (κ3) is 3.74. The highest BCUT2D eigenvalue weighted by atomic mass is 35.5. The van der Waals surface area contributed by atoms with E-state index in [2.05, 4.69) is 14.9 Å². The smallest absolute Gasteiger partial charge is 0.152 e. The highest BCUT2D eigenvalue weighted by Gasteiger charge is 2.17. The number of benzene rings is 1. The zero-order chi connectivity index (χ0) is 17.1. The van der Waals surface area contributed by atoms with Crippen molar-refractivity contribution in [1.29, 1.82) is 0 Å². The van der Waals surface area contributed by atoms with Crippen LogP contribution in [0.5, 0.6) is 0 Å². The second-order valence-electron chi connectivity index (χ2n) is 6.10. The quantitative estimate of drug-likeness (QED) is 0.846. The summed E-state index contributed by atoms with van der Waals surface area (Å²) in [5, 5.41) is 0.905. The largest absolute Gasteiger partial charge is 0.382 e. The van der Waals surface area contributed by atoms with E-state index in [-0.39, 0.29) is 6.04 Å². The molecule has 7 heteroatoms. The van der Waals surface area contributed by atoms with Crippen LogP contribution in [-0.2, 0) is 0 Å². The molecule has 1 saturated heterocycles. The van der Waals surface area contributed by atoms with Crippen molar-refractivity contribution in [3.05, 3.63) is 34.4 Å². The Labute approximate surface area is 152 Å². The molecule has 5 nitrogen and oxygen atoms in total. The Kier molecular flexibility index (Phi) is 5.43. The van der Waals surface area contributed by atoms with E-state index in [1.54, 1.807) is 12.3 Å². The van der Waals surface area contributed by atoms with E-state index in [0.717, 1.165) is 44.6 Å². The lowest BCUT2D eigenvalue weighted by Gasteiger charge is -2.28. The van der Waals surface area contributed by atoms with E-state index in [9.17, 15) is 0 Å². The molecule has 128 valence electrons. The lowest BCUT2D eigenvalue weighted by Crippen LogP contribution is -2.34. The van der Waals surface area contributed by atoms with Crippen LogP contribution in [-0.4, -0.2) is 29.1 Å². The molecule has 0 aliphatic carbocycles. The van der Waals surface area contributed by atoms with Gasteiger partial charge in [0, 0.05) is 24.7 Å². The number of halogens is 2. The summed E-state index contributed by atoms with van der Waals surface area (Å²) in [7, 11) is 0. The molecule has 1 aliphatic heterocycles. The molecule has 0 radical (unpaired) electrons. The van der Waals surface area contributed by atoms with Gasteiger partial charge in [-0.05, 0) is 25.3 Å². The molecule has 0 amide bonds. The molecule has 24 heavy (non-hydrogen) atoms. The van der Waals surface area contributed by atoms with Crippen LogP contribution in [0.2, 0.25) is 10.0 Å². The fraction of sp³-hybridized carbons (Fsp3) is 0.412. The summed E-state index contributed by atoms with van der Waals surface area (Å²) in [6, 6.07) is 5.64. The number of aromatic nitrogens is 2. The summed E-state index contributed by atoms with van der Waals surface area (Å²) in [5.41, 5.74) is 13.5. The van der Waals surface area contributed by atoms with E-state index in [4.69, 9.17) is 34.7 Å². The Hall–Kier alpha value is -1.56. The second kappa shape index (κ2) is 7.55. The molecule has 1 unspecified atom stereocenters. The molecule has 0 bridgehead atoms. The van der Waals surface area contributed by atoms with Crippen LogP contribution in [0.15, 0.2) is 24.4 Å². The van der Waals surface area contributed by atoms with Gasteiger partial charge in [0.25, 0.3) is 0 Å². The second-order valence-corrected chi connectivity index (χ2v) is 6.88. The predicted octanol–water partition coefficient (Wildman–Crippen LogP) is 3.74. The molecule has 2 heterocycles. The minimum absolute atomic E-state index is 0.252. The Morgan fingerprint density at radius 1 is 1.12 bits per heavy atom. The summed E-state index contributed by atoms with van der Waals surface area (Å²) in [6.45, 7) is 1.81. The fourth-order valence-electron chi connectivity index (χ4n) is 2.96. The third-order valence-corrected chi connectivity index (χ3v) is 5.16. The van der Waals surface area contributed by atoms with E-state index in [0.29, 0.717) is 27.1 Å². The molecule has 4 N–H and O–H groups in total. The molecular weight excluding hydrogens is 345 g/mol. The highest BCUT2D eigenvalue weighted by molar-refractivity contribution is 6.43. The van der Waals surface area contributed by atoms with Crippen molar-refractivity contribution in [3.63, 3.8) is 0 Å². The fourth-order valence-corrected chi connectivity index (χ4v) is 3.35. The van der Waals surface area contributed by atoms with Crippen molar-refractivity contribution in [1.82, 2.24) is 9.97 Å². The lowest BCUT2D eigenvalue weighted by atomic mass is 10.0. The maximum absolute atomic E-state index is 6.26. The van der Waals surface area contributed by atoms with Gasteiger partial charge in [0.2, 0.25) is 0 Å². The number of nitrogens with zero attached hydrogens (tertiary/aromatic N) is 3. The van der Waals surface area contributed by atoms with E-state index in [1.165, 1.54) is 0 Å². The molecule has 1 aromatic heterocycles. The Bertz CT molecular complexity index is 722. The average Bonchev–Trinajstić information content (AvgIpc) is 2.54. The first-order valence-electron chi connectivity index (χ1n) is 8.13. The molecule has 0 saturated carbocycles. The predicted molar refractivity (Wildman–Crippen MR) is 101 cm³/mol. The average molecular weight is 366 g/mol. The van der Waals surface area contributed by atoms with Crippen molar-refractivity contribution < 1.29 is 0 Å². The zero-order valence-electron chi connectivity index (χ0n) is 13.4. The summed E-state index contributed by atoms with van der Waals surface area (Å²) >= 11 is 12.3. The van der Waals surface area contributed by atoms with Crippen molar-refractivity contribution in [3.8, 4) is 11.3 Å². The first-order valence-corrected chi connectivity index (χ1v) is 8.89. The van der Waals surface area contributed by atoms with Gasteiger partial charge in [-0.15, -0.1) is 0 Å². The number of hydrogen-bond acceptors (Lipinski definition) is 5. The molecule has 2 aromatic rings. The van der Waals surface area contributed by atoms with E-state index < -0.39 is 0 Å². The summed E-state index contributed by atoms with van der Waals surface area (Å²) < 4.78 is 0. The Balaban J connectivity index is 1.88. The van der Waals surface area contributed by atoms with Gasteiger partial charge in [0.15, 0.2) is 5.82 Å². The first-order chi connectivity index (χ1) is 11.6. The zero-order valence-corrected chi connectivity index (χ0v) is 14.9. The Morgan fingerprint density at radius 3 is 2.75 bits per heavy atom. The summed E-state index contributed by atoms with van der Waals surface area (Å²) in [4.78, 5) is 11.2. The molecule has 0 spiro atoms. The Morgan fingerprint density at radius 2 is 1.96 bits per heavy atom. The number of rotatable bonds is 2. The van der Waals surface area contributed by atoms with Crippen LogP contribution in [0.25, 0.3) is 11.3 Å². The van der Waals surface area contributed by atoms with E-state index >= 15 is 0 Å². The van der Waals surface area contributed by atoms with Crippen LogP contribution in [0.3, 0.4) is 0 Å². The number of nitrogen functional groups attached to an aromatic ring is 1. The molecule has 1 atom stereocenters. The number of hydrogen-bond donors (Lipinski definition) is 2. The van der Waals surface area contributed by atoms with Crippen molar-refractivity contribution in [2.24, 2.45) is 5.73 Å². The molecule has 1 aromatic carbocycles. The monoisotopic (exact) mass is 365 g/mol. The van der Waals surface area contributed by atoms with Crippen LogP contribution in [0.1, 0.15) is 25.7 Å².